The lowest BCUT2D eigenvalue weighted by molar-refractivity contribution is -0.556. The molecule has 0 aromatic heterocycles. The number of hydrogen-bond acceptors (Lipinski definition) is 6. The number of ether oxygens (including phenoxy) is 2. The first-order chi connectivity index (χ1) is 10.1. The van der Waals surface area contributed by atoms with E-state index in [0.717, 1.165) is 5.56 Å². The number of rotatable bonds is 2. The molecule has 6 atom stereocenters. The summed E-state index contributed by atoms with van der Waals surface area (Å²) in [4.78, 5) is 10.4. The lowest BCUT2D eigenvalue weighted by Gasteiger charge is -2.43. The Bertz CT molecular complexity index is 509. The third-order valence-electron chi connectivity index (χ3n) is 4.15. The van der Waals surface area contributed by atoms with Gasteiger partial charge in [0.1, 0.15) is 6.10 Å². The third kappa shape index (κ3) is 2.65. The summed E-state index contributed by atoms with van der Waals surface area (Å²) in [5, 5.41) is 31.0. The highest BCUT2D eigenvalue weighted by Gasteiger charge is 2.53. The van der Waals surface area contributed by atoms with Crippen molar-refractivity contribution >= 4 is 0 Å². The van der Waals surface area contributed by atoms with Gasteiger partial charge in [0, 0.05) is 16.4 Å². The number of fused-ring (bicyclic) bond motifs is 1. The molecule has 7 nitrogen and oxygen atoms in total. The Balaban J connectivity index is 1.78. The fraction of sp³-hybridized carbons (Fsp3) is 0.571. The zero-order valence-corrected chi connectivity index (χ0v) is 11.2. The van der Waals surface area contributed by atoms with Crippen LogP contribution in [-0.4, -0.2) is 46.1 Å². The Morgan fingerprint density at radius 2 is 1.95 bits per heavy atom. The predicted octanol–water partition coefficient (Wildman–Crippen LogP) is 0.488. The molecular formula is C14H17NO6. The highest BCUT2D eigenvalue weighted by Crippen LogP contribution is 2.37. The highest BCUT2D eigenvalue weighted by molar-refractivity contribution is 5.16. The Hall–Kier alpha value is -1.54. The van der Waals surface area contributed by atoms with Crippen LogP contribution in [0.25, 0.3) is 0 Å². The molecule has 7 heteroatoms. The molecule has 1 saturated carbocycles. The number of aliphatic hydroxyl groups is 2. The van der Waals surface area contributed by atoms with Gasteiger partial charge in [0.25, 0.3) is 6.04 Å². The molecule has 1 saturated heterocycles. The van der Waals surface area contributed by atoms with Crippen LogP contribution in [0.15, 0.2) is 30.3 Å². The summed E-state index contributed by atoms with van der Waals surface area (Å²) in [6.45, 7) is 0.294. The lowest BCUT2D eigenvalue weighted by atomic mass is 9.79. The minimum Gasteiger partial charge on any atom is -0.386 e. The minimum atomic E-state index is -1.42. The van der Waals surface area contributed by atoms with E-state index in [1.807, 2.05) is 30.3 Å². The summed E-state index contributed by atoms with van der Waals surface area (Å²) < 4.78 is 11.3. The molecule has 0 bridgehead atoms. The SMILES string of the molecule is O=[N+]([O-])[C@@H]1[C@@H](O)[C@@H]2O[C@H](c3ccccc3)OC[C@H]2C[C@H]1O. The van der Waals surface area contributed by atoms with Gasteiger partial charge in [-0.05, 0) is 6.42 Å². The first kappa shape index (κ1) is 14.4. The van der Waals surface area contributed by atoms with Crippen molar-refractivity contribution in [1.29, 1.82) is 0 Å². The van der Waals surface area contributed by atoms with Gasteiger partial charge in [0.05, 0.1) is 12.7 Å². The topological polar surface area (TPSA) is 102 Å². The maximum atomic E-state index is 11.0. The van der Waals surface area contributed by atoms with E-state index in [-0.39, 0.29) is 12.3 Å². The molecule has 2 N–H and O–H groups in total. The lowest BCUT2D eigenvalue weighted by Crippen LogP contribution is -2.60. The molecule has 2 fully saturated rings. The minimum absolute atomic E-state index is 0.189. The van der Waals surface area contributed by atoms with Crippen molar-refractivity contribution in [3.8, 4) is 0 Å². The second-order valence-corrected chi connectivity index (χ2v) is 5.51. The van der Waals surface area contributed by atoms with E-state index >= 15 is 0 Å². The summed E-state index contributed by atoms with van der Waals surface area (Å²) in [6.07, 6.45) is -3.69. The van der Waals surface area contributed by atoms with E-state index in [2.05, 4.69) is 0 Å². The van der Waals surface area contributed by atoms with Crippen LogP contribution in [0.3, 0.4) is 0 Å². The summed E-state index contributed by atoms with van der Waals surface area (Å²) in [5.41, 5.74) is 0.798. The van der Waals surface area contributed by atoms with E-state index in [0.29, 0.717) is 6.61 Å². The molecule has 0 radical (unpaired) electrons. The average molecular weight is 295 g/mol. The van der Waals surface area contributed by atoms with Crippen LogP contribution in [0, 0.1) is 16.0 Å². The molecular weight excluding hydrogens is 278 g/mol. The van der Waals surface area contributed by atoms with Gasteiger partial charge >= 0.3 is 0 Å². The Morgan fingerprint density at radius 3 is 2.62 bits per heavy atom. The molecule has 2 aliphatic rings. The quantitative estimate of drug-likeness (QED) is 0.608. The fourth-order valence-electron chi connectivity index (χ4n) is 3.08. The van der Waals surface area contributed by atoms with Gasteiger partial charge in [-0.3, -0.25) is 10.1 Å². The van der Waals surface area contributed by atoms with E-state index in [1.54, 1.807) is 0 Å². The number of nitro groups is 1. The van der Waals surface area contributed by atoms with Crippen LogP contribution in [0.5, 0.6) is 0 Å². The molecule has 1 aliphatic heterocycles. The second-order valence-electron chi connectivity index (χ2n) is 5.51. The van der Waals surface area contributed by atoms with Crippen LogP contribution >= 0.6 is 0 Å². The molecule has 114 valence electrons. The molecule has 21 heavy (non-hydrogen) atoms. The smallest absolute Gasteiger partial charge is 0.266 e. The fourth-order valence-corrected chi connectivity index (χ4v) is 3.08. The molecule has 0 amide bonds. The number of hydrogen-bond donors (Lipinski definition) is 2. The van der Waals surface area contributed by atoms with Crippen LogP contribution < -0.4 is 0 Å². The van der Waals surface area contributed by atoms with Crippen LogP contribution in [-0.2, 0) is 9.47 Å². The van der Waals surface area contributed by atoms with Crippen molar-refractivity contribution in [2.45, 2.75) is 37.1 Å². The molecule has 0 unspecified atom stereocenters. The molecule has 1 aromatic carbocycles. The summed E-state index contributed by atoms with van der Waals surface area (Å²) in [6, 6.07) is 7.80. The Labute approximate surface area is 121 Å². The first-order valence-corrected chi connectivity index (χ1v) is 6.89. The van der Waals surface area contributed by atoms with Crippen molar-refractivity contribution in [3.63, 3.8) is 0 Å². The van der Waals surface area contributed by atoms with Crippen molar-refractivity contribution < 1.29 is 24.6 Å². The molecule has 0 spiro atoms. The Morgan fingerprint density at radius 1 is 1.24 bits per heavy atom. The monoisotopic (exact) mass is 295 g/mol. The van der Waals surface area contributed by atoms with Crippen LogP contribution in [0.4, 0.5) is 0 Å². The van der Waals surface area contributed by atoms with Crippen molar-refractivity contribution in [1.82, 2.24) is 0 Å². The van der Waals surface area contributed by atoms with Gasteiger partial charge < -0.3 is 19.7 Å². The number of benzene rings is 1. The molecule has 3 rings (SSSR count). The van der Waals surface area contributed by atoms with E-state index in [1.165, 1.54) is 0 Å². The predicted molar refractivity (Wildman–Crippen MR) is 70.9 cm³/mol. The number of nitrogens with zero attached hydrogens (tertiary/aromatic N) is 1. The summed E-state index contributed by atoms with van der Waals surface area (Å²) in [5.74, 6) is -0.244. The highest BCUT2D eigenvalue weighted by atomic mass is 16.7. The molecule has 1 heterocycles. The van der Waals surface area contributed by atoms with E-state index in [9.17, 15) is 20.3 Å². The Kier molecular flexibility index (Phi) is 3.90. The first-order valence-electron chi connectivity index (χ1n) is 6.89. The standard InChI is InChI=1S/C14H17NO6/c16-10-6-9-7-20-14(8-4-2-1-3-5-8)21-13(9)12(17)11(10)15(18)19/h1-5,9-14,16-17H,6-7H2/t9-,10-,11+,12-,13-,14-/m1/s1. The maximum absolute atomic E-state index is 11.0. The van der Waals surface area contributed by atoms with E-state index in [4.69, 9.17) is 9.47 Å². The normalized spacial score (nSPS) is 39.5. The van der Waals surface area contributed by atoms with Crippen LogP contribution in [0.2, 0.25) is 0 Å². The molecule has 1 aromatic rings. The summed E-state index contributed by atoms with van der Waals surface area (Å²) in [7, 11) is 0. The van der Waals surface area contributed by atoms with E-state index < -0.39 is 35.6 Å². The summed E-state index contributed by atoms with van der Waals surface area (Å²) >= 11 is 0. The van der Waals surface area contributed by atoms with Crippen molar-refractivity contribution in [2.75, 3.05) is 6.61 Å². The van der Waals surface area contributed by atoms with Gasteiger partial charge in [-0.15, -0.1) is 0 Å². The number of aliphatic hydroxyl groups excluding tert-OH is 2. The van der Waals surface area contributed by atoms with Gasteiger partial charge in [0.15, 0.2) is 12.4 Å². The zero-order chi connectivity index (χ0) is 15.0. The van der Waals surface area contributed by atoms with Gasteiger partial charge in [-0.25, -0.2) is 0 Å². The van der Waals surface area contributed by atoms with Crippen molar-refractivity contribution in [2.24, 2.45) is 5.92 Å². The van der Waals surface area contributed by atoms with Crippen LogP contribution in [0.1, 0.15) is 18.3 Å². The van der Waals surface area contributed by atoms with Gasteiger partial charge in [-0.1, -0.05) is 30.3 Å². The average Bonchev–Trinajstić information content (AvgIpc) is 2.47. The second kappa shape index (κ2) is 5.69. The zero-order valence-electron chi connectivity index (χ0n) is 11.2. The largest absolute Gasteiger partial charge is 0.386 e. The molecule has 1 aliphatic carbocycles. The maximum Gasteiger partial charge on any atom is 0.266 e. The van der Waals surface area contributed by atoms with Crippen molar-refractivity contribution in [3.05, 3.63) is 46.0 Å². The van der Waals surface area contributed by atoms with Gasteiger partial charge in [0.2, 0.25) is 0 Å². The third-order valence-corrected chi connectivity index (χ3v) is 4.15. The van der Waals surface area contributed by atoms with Gasteiger partial charge in [-0.2, -0.15) is 0 Å².